The second-order valence-electron chi connectivity index (χ2n) is 2.15. The predicted octanol–water partition coefficient (Wildman–Crippen LogP) is 2.36. The summed E-state index contributed by atoms with van der Waals surface area (Å²) >= 11 is 10.8. The lowest BCUT2D eigenvalue weighted by Gasteiger charge is -2.02. The lowest BCUT2D eigenvalue weighted by molar-refractivity contribution is 0.455. The van der Waals surface area contributed by atoms with Crippen LogP contribution in [-0.2, 0) is 10.2 Å². The zero-order chi connectivity index (χ0) is 10.2. The first kappa shape index (κ1) is 10.6. The van der Waals surface area contributed by atoms with E-state index in [1.54, 1.807) is 0 Å². The highest BCUT2D eigenvalue weighted by atomic mass is 35.5. The van der Waals surface area contributed by atoms with E-state index in [9.17, 15) is 12.3 Å². The van der Waals surface area contributed by atoms with Crippen molar-refractivity contribution in [3.8, 4) is 5.75 Å². The minimum atomic E-state index is -5.05. The Morgan fingerprint density at radius 1 is 1.31 bits per heavy atom. The molecule has 0 saturated carbocycles. The summed E-state index contributed by atoms with van der Waals surface area (Å²) in [4.78, 5) is -0.998. The van der Waals surface area contributed by atoms with Crippen molar-refractivity contribution in [2.24, 2.45) is 0 Å². The maximum Gasteiger partial charge on any atom is 0.337 e. The summed E-state index contributed by atoms with van der Waals surface area (Å²) < 4.78 is 33.4. The van der Waals surface area contributed by atoms with Gasteiger partial charge in [0.1, 0.15) is 5.75 Å². The van der Waals surface area contributed by atoms with Gasteiger partial charge in [-0.3, -0.25) is 0 Å². The molecule has 1 rings (SSSR count). The van der Waals surface area contributed by atoms with E-state index in [2.05, 4.69) is 0 Å². The van der Waals surface area contributed by atoms with Gasteiger partial charge in [0.05, 0.1) is 10.0 Å². The van der Waals surface area contributed by atoms with E-state index in [0.717, 1.165) is 12.1 Å². The minimum Gasteiger partial charge on any atom is -0.506 e. The molecule has 1 N–H and O–H groups in total. The maximum atomic E-state index is 12.5. The highest BCUT2D eigenvalue weighted by Gasteiger charge is 2.23. The van der Waals surface area contributed by atoms with Crippen molar-refractivity contribution in [1.82, 2.24) is 0 Å². The SMILES string of the molecule is O=S(=O)(F)c1c(O)ccc(Cl)c1Cl. The summed E-state index contributed by atoms with van der Waals surface area (Å²) in [5.74, 6) is -0.767. The van der Waals surface area contributed by atoms with Crippen LogP contribution in [0.25, 0.3) is 0 Å². The van der Waals surface area contributed by atoms with Gasteiger partial charge < -0.3 is 5.11 Å². The number of halogens is 3. The topological polar surface area (TPSA) is 54.4 Å². The smallest absolute Gasteiger partial charge is 0.337 e. The number of phenols is 1. The molecule has 13 heavy (non-hydrogen) atoms. The first-order chi connectivity index (χ1) is 5.84. The molecule has 72 valence electrons. The molecule has 0 fully saturated rings. The van der Waals surface area contributed by atoms with Gasteiger partial charge in [-0.25, -0.2) is 0 Å². The van der Waals surface area contributed by atoms with Crippen LogP contribution in [-0.4, -0.2) is 13.5 Å². The minimum absolute atomic E-state index is 0.143. The molecule has 0 atom stereocenters. The molecule has 0 heterocycles. The summed E-state index contributed by atoms with van der Waals surface area (Å²) in [7, 11) is -5.05. The third kappa shape index (κ3) is 2.04. The molecule has 1 aromatic carbocycles. The monoisotopic (exact) mass is 244 g/mol. The van der Waals surface area contributed by atoms with Gasteiger partial charge in [0, 0.05) is 0 Å². The van der Waals surface area contributed by atoms with E-state index >= 15 is 0 Å². The van der Waals surface area contributed by atoms with Crippen LogP contribution < -0.4 is 0 Å². The van der Waals surface area contributed by atoms with Gasteiger partial charge >= 0.3 is 10.2 Å². The Morgan fingerprint density at radius 2 is 1.85 bits per heavy atom. The normalized spacial score (nSPS) is 11.6. The van der Waals surface area contributed by atoms with E-state index in [1.165, 1.54) is 0 Å². The summed E-state index contributed by atoms with van der Waals surface area (Å²) in [5.41, 5.74) is 0. The number of hydrogen-bond acceptors (Lipinski definition) is 3. The number of phenolic OH excluding ortho intramolecular Hbond substituents is 1. The quantitative estimate of drug-likeness (QED) is 0.772. The Morgan fingerprint density at radius 3 is 2.23 bits per heavy atom. The number of benzene rings is 1. The summed E-state index contributed by atoms with van der Waals surface area (Å²) in [6, 6.07) is 2.11. The van der Waals surface area contributed by atoms with Crippen LogP contribution in [0.5, 0.6) is 5.75 Å². The molecular formula is C6H3Cl2FO3S. The van der Waals surface area contributed by atoms with Crippen molar-refractivity contribution in [1.29, 1.82) is 0 Å². The van der Waals surface area contributed by atoms with Gasteiger partial charge in [-0.2, -0.15) is 8.42 Å². The molecule has 7 heteroatoms. The molecule has 0 amide bonds. The molecule has 0 unspecified atom stereocenters. The van der Waals surface area contributed by atoms with Crippen molar-refractivity contribution in [2.75, 3.05) is 0 Å². The highest BCUT2D eigenvalue weighted by molar-refractivity contribution is 7.86. The molecular weight excluding hydrogens is 242 g/mol. The van der Waals surface area contributed by atoms with Crippen LogP contribution >= 0.6 is 23.2 Å². The zero-order valence-electron chi connectivity index (χ0n) is 5.96. The molecule has 0 bridgehead atoms. The predicted molar refractivity (Wildman–Crippen MR) is 46.4 cm³/mol. The van der Waals surface area contributed by atoms with Crippen LogP contribution in [0.4, 0.5) is 3.89 Å². The molecule has 0 spiro atoms. The number of aromatic hydroxyl groups is 1. The van der Waals surface area contributed by atoms with Gasteiger partial charge in [-0.1, -0.05) is 23.2 Å². The second-order valence-corrected chi connectivity index (χ2v) is 4.22. The third-order valence-corrected chi connectivity index (χ3v) is 3.09. The highest BCUT2D eigenvalue weighted by Crippen LogP contribution is 2.36. The Kier molecular flexibility index (Phi) is 2.70. The molecule has 1 aromatic rings. The van der Waals surface area contributed by atoms with E-state index in [0.29, 0.717) is 0 Å². The Balaban J connectivity index is 3.62. The van der Waals surface area contributed by atoms with E-state index in [-0.39, 0.29) is 5.02 Å². The molecule has 0 aliphatic heterocycles. The Labute approximate surface area is 83.9 Å². The van der Waals surface area contributed by atoms with E-state index in [4.69, 9.17) is 28.3 Å². The van der Waals surface area contributed by atoms with E-state index < -0.39 is 25.9 Å². The standard InChI is InChI=1S/C6H3Cl2FO3S/c7-3-1-2-4(10)6(5(3)8)13(9,11)12/h1-2,10H. The lowest BCUT2D eigenvalue weighted by atomic mass is 10.3. The van der Waals surface area contributed by atoms with Crippen molar-refractivity contribution in [2.45, 2.75) is 4.90 Å². The summed E-state index contributed by atoms with van der Waals surface area (Å²) in [5, 5.41) is 8.32. The second kappa shape index (κ2) is 3.32. The van der Waals surface area contributed by atoms with Gasteiger partial charge in [0.15, 0.2) is 4.90 Å². The molecule has 0 aromatic heterocycles. The fraction of sp³-hybridized carbons (Fsp3) is 0. The average Bonchev–Trinajstić information content (AvgIpc) is 1.95. The fourth-order valence-corrected chi connectivity index (χ4v) is 2.05. The van der Waals surface area contributed by atoms with Crippen LogP contribution in [0.2, 0.25) is 10.0 Å². The Hall–Kier alpha value is -0.520. The van der Waals surface area contributed by atoms with Crippen molar-refractivity contribution in [3.05, 3.63) is 22.2 Å². The lowest BCUT2D eigenvalue weighted by Crippen LogP contribution is -1.94. The molecule has 0 aliphatic rings. The van der Waals surface area contributed by atoms with E-state index in [1.807, 2.05) is 0 Å². The first-order valence-electron chi connectivity index (χ1n) is 2.95. The number of hydrogen-bond donors (Lipinski definition) is 1. The average molecular weight is 245 g/mol. The van der Waals surface area contributed by atoms with Crippen molar-refractivity contribution < 1.29 is 17.4 Å². The summed E-state index contributed by atoms with van der Waals surface area (Å²) in [6.07, 6.45) is 0. The van der Waals surface area contributed by atoms with Crippen molar-refractivity contribution in [3.63, 3.8) is 0 Å². The molecule has 0 saturated heterocycles. The Bertz CT molecular complexity index is 443. The molecule has 3 nitrogen and oxygen atoms in total. The first-order valence-corrected chi connectivity index (χ1v) is 5.09. The molecule has 0 aliphatic carbocycles. The van der Waals surface area contributed by atoms with Crippen molar-refractivity contribution >= 4 is 33.4 Å². The van der Waals surface area contributed by atoms with Crippen LogP contribution in [0.1, 0.15) is 0 Å². The van der Waals surface area contributed by atoms with Crippen LogP contribution in [0.15, 0.2) is 17.0 Å². The largest absolute Gasteiger partial charge is 0.506 e. The number of rotatable bonds is 1. The maximum absolute atomic E-state index is 12.5. The summed E-state index contributed by atoms with van der Waals surface area (Å²) in [6.45, 7) is 0. The van der Waals surface area contributed by atoms with Gasteiger partial charge in [-0.15, -0.1) is 3.89 Å². The zero-order valence-corrected chi connectivity index (χ0v) is 8.29. The van der Waals surface area contributed by atoms with Gasteiger partial charge in [-0.05, 0) is 12.1 Å². The fourth-order valence-electron chi connectivity index (χ4n) is 0.754. The van der Waals surface area contributed by atoms with Gasteiger partial charge in [0.25, 0.3) is 0 Å². The molecule has 0 radical (unpaired) electrons. The van der Waals surface area contributed by atoms with Crippen LogP contribution in [0, 0.1) is 0 Å². The third-order valence-electron chi connectivity index (χ3n) is 1.27. The van der Waals surface area contributed by atoms with Crippen LogP contribution in [0.3, 0.4) is 0 Å². The van der Waals surface area contributed by atoms with Gasteiger partial charge in [0.2, 0.25) is 0 Å².